The van der Waals surface area contributed by atoms with Crippen molar-refractivity contribution in [1.82, 2.24) is 41.7 Å². The van der Waals surface area contributed by atoms with Gasteiger partial charge in [0.25, 0.3) is 0 Å². The first kappa shape index (κ1) is 58.0. The second-order valence-corrected chi connectivity index (χ2v) is 17.9. The molecule has 0 unspecified atom stereocenters. The number of carboxylic acid groups (broad SMARTS) is 1. The Morgan fingerprint density at radius 3 is 1.68 bits per heavy atom. The number of aliphatic imine (C=N–C) groups is 1. The predicted molar refractivity (Wildman–Crippen MR) is 244 cm³/mol. The van der Waals surface area contributed by atoms with Crippen LogP contribution in [0.15, 0.2) is 4.99 Å². The molecule has 68 heavy (non-hydrogen) atoms. The molecule has 26 nitrogen and oxygen atoms in total. The van der Waals surface area contributed by atoms with Crippen LogP contribution < -0.4 is 54.8 Å². The van der Waals surface area contributed by atoms with Gasteiger partial charge in [0.1, 0.15) is 54.4 Å². The molecular formula is C42H73N13O13. The van der Waals surface area contributed by atoms with Gasteiger partial charge in [0, 0.05) is 26.1 Å². The number of carboxylic acids is 1. The normalized spacial score (nSPS) is 18.8. The van der Waals surface area contributed by atoms with E-state index in [-0.39, 0.29) is 88.8 Å². The van der Waals surface area contributed by atoms with Crippen molar-refractivity contribution in [2.24, 2.45) is 39.8 Å². The summed E-state index contributed by atoms with van der Waals surface area (Å²) in [6.45, 7) is 7.24. The SMILES string of the molecule is CC(C)C[C@H](NC(=O)[C@H](CCC(N)=O)NC(=O)[C@@H](N)CO)C(=O)N[C@@H](C)C(=O)N[C@@H](CCCN=C(N)N)C(=O)N1CCC[C@H]1C(=O)N1CCC[C@H]1C(=O)N[C@@H](CC(C)C)C(=O)N[C@@H](CO)C(=O)O. The summed E-state index contributed by atoms with van der Waals surface area (Å²) in [5, 5.41) is 43.0. The number of rotatable bonds is 28. The van der Waals surface area contributed by atoms with Crippen molar-refractivity contribution in [2.45, 2.75) is 153 Å². The maximum Gasteiger partial charge on any atom is 0.328 e. The molecule has 9 amide bonds. The van der Waals surface area contributed by atoms with Crippen molar-refractivity contribution in [1.29, 1.82) is 0 Å². The van der Waals surface area contributed by atoms with E-state index in [0.717, 1.165) is 0 Å². The molecular weight excluding hydrogens is 895 g/mol. The van der Waals surface area contributed by atoms with Crippen LogP contribution in [0.1, 0.15) is 98.8 Å². The maximum absolute atomic E-state index is 14.4. The van der Waals surface area contributed by atoms with Crippen molar-refractivity contribution in [3.05, 3.63) is 0 Å². The highest BCUT2D eigenvalue weighted by atomic mass is 16.4. The van der Waals surface area contributed by atoms with Crippen LogP contribution in [-0.4, -0.2) is 177 Å². The second-order valence-electron chi connectivity index (χ2n) is 17.9. The van der Waals surface area contributed by atoms with Gasteiger partial charge in [-0.15, -0.1) is 0 Å². The van der Waals surface area contributed by atoms with E-state index >= 15 is 0 Å². The van der Waals surface area contributed by atoms with Crippen LogP contribution in [-0.2, 0) is 47.9 Å². The van der Waals surface area contributed by atoms with Gasteiger partial charge in [-0.25, -0.2) is 4.79 Å². The molecule has 0 aromatic heterocycles. The van der Waals surface area contributed by atoms with E-state index < -0.39 is 127 Å². The van der Waals surface area contributed by atoms with Crippen molar-refractivity contribution < 1.29 is 63.3 Å². The largest absolute Gasteiger partial charge is 0.480 e. The van der Waals surface area contributed by atoms with E-state index in [1.54, 1.807) is 27.7 Å². The van der Waals surface area contributed by atoms with Gasteiger partial charge in [-0.1, -0.05) is 27.7 Å². The molecule has 0 aromatic carbocycles. The molecule has 0 spiro atoms. The van der Waals surface area contributed by atoms with Gasteiger partial charge in [0.05, 0.1) is 13.2 Å². The Morgan fingerprint density at radius 2 is 1.13 bits per heavy atom. The first-order valence-electron chi connectivity index (χ1n) is 22.9. The number of amides is 9. The van der Waals surface area contributed by atoms with Crippen LogP contribution in [0, 0.1) is 11.8 Å². The van der Waals surface area contributed by atoms with Crippen LogP contribution in [0.25, 0.3) is 0 Å². The first-order chi connectivity index (χ1) is 31.9. The fourth-order valence-electron chi connectivity index (χ4n) is 7.74. The lowest BCUT2D eigenvalue weighted by Crippen LogP contribution is -2.60. The highest BCUT2D eigenvalue weighted by Gasteiger charge is 2.44. The molecule has 17 N–H and O–H groups in total. The van der Waals surface area contributed by atoms with Crippen LogP contribution in [0.4, 0.5) is 0 Å². The molecule has 9 atom stereocenters. The maximum atomic E-state index is 14.4. The summed E-state index contributed by atoms with van der Waals surface area (Å²) in [4.78, 5) is 138. The molecule has 384 valence electrons. The topological polar surface area (TPSA) is 426 Å². The van der Waals surface area contributed by atoms with E-state index in [1.807, 2.05) is 0 Å². The highest BCUT2D eigenvalue weighted by molar-refractivity contribution is 5.98. The molecule has 2 saturated heterocycles. The molecule has 2 rings (SSSR count). The molecule has 0 saturated carbocycles. The number of carbonyl (C=O) groups is 10. The number of hydrogen-bond acceptors (Lipinski definition) is 14. The quantitative estimate of drug-likeness (QED) is 0.0198. The average Bonchev–Trinajstić information content (AvgIpc) is 3.97. The molecule has 2 aliphatic heterocycles. The number of aliphatic hydroxyl groups excluding tert-OH is 2. The Kier molecular flexibility index (Phi) is 24.1. The summed E-state index contributed by atoms with van der Waals surface area (Å²) in [5.74, 6) is -8.72. The van der Waals surface area contributed by atoms with Gasteiger partial charge in [-0.2, -0.15) is 0 Å². The lowest BCUT2D eigenvalue weighted by molar-refractivity contribution is -0.148. The molecule has 26 heteroatoms. The lowest BCUT2D eigenvalue weighted by atomic mass is 10.0. The number of nitrogens with one attached hydrogen (secondary N) is 6. The summed E-state index contributed by atoms with van der Waals surface area (Å²) in [7, 11) is 0. The monoisotopic (exact) mass is 968 g/mol. The minimum atomic E-state index is -1.60. The molecule has 0 bridgehead atoms. The summed E-state index contributed by atoms with van der Waals surface area (Å²) in [5.41, 5.74) is 21.8. The third kappa shape index (κ3) is 18.5. The van der Waals surface area contributed by atoms with Crippen molar-refractivity contribution in [3.8, 4) is 0 Å². The minimum absolute atomic E-state index is 0.00310. The zero-order valence-corrected chi connectivity index (χ0v) is 39.5. The fraction of sp³-hybridized carbons (Fsp3) is 0.738. The van der Waals surface area contributed by atoms with Gasteiger partial charge < -0.3 is 80.0 Å². The first-order valence-corrected chi connectivity index (χ1v) is 22.9. The number of carbonyl (C=O) groups excluding carboxylic acids is 9. The number of aliphatic carboxylic acids is 1. The number of hydrogen-bond donors (Lipinski definition) is 13. The molecule has 2 fully saturated rings. The zero-order valence-electron chi connectivity index (χ0n) is 39.5. The average molecular weight is 968 g/mol. The van der Waals surface area contributed by atoms with Crippen LogP contribution in [0.5, 0.6) is 0 Å². The fourth-order valence-corrected chi connectivity index (χ4v) is 7.74. The van der Waals surface area contributed by atoms with Crippen molar-refractivity contribution >= 4 is 65.1 Å². The van der Waals surface area contributed by atoms with Gasteiger partial charge in [0.15, 0.2) is 5.96 Å². The molecule has 0 aromatic rings. The summed E-state index contributed by atoms with van der Waals surface area (Å²) < 4.78 is 0. The van der Waals surface area contributed by atoms with E-state index in [1.165, 1.54) is 16.7 Å². The van der Waals surface area contributed by atoms with E-state index in [4.69, 9.17) is 22.9 Å². The summed E-state index contributed by atoms with van der Waals surface area (Å²) in [6.07, 6.45) is 1.13. The summed E-state index contributed by atoms with van der Waals surface area (Å²) in [6, 6.07) is -11.4. The Hall–Kier alpha value is -6.15. The van der Waals surface area contributed by atoms with E-state index in [0.29, 0.717) is 12.8 Å². The minimum Gasteiger partial charge on any atom is -0.480 e. The molecule has 0 radical (unpaired) electrons. The van der Waals surface area contributed by atoms with Gasteiger partial charge in [-0.3, -0.25) is 48.1 Å². The molecule has 2 heterocycles. The Morgan fingerprint density at radius 1 is 0.618 bits per heavy atom. The number of likely N-dealkylation sites (tertiary alicyclic amines) is 2. The van der Waals surface area contributed by atoms with Gasteiger partial charge in [-0.05, 0) is 76.5 Å². The highest BCUT2D eigenvalue weighted by Crippen LogP contribution is 2.26. The van der Waals surface area contributed by atoms with Crippen molar-refractivity contribution in [2.75, 3.05) is 32.8 Å². The van der Waals surface area contributed by atoms with Crippen LogP contribution in [0.3, 0.4) is 0 Å². The van der Waals surface area contributed by atoms with E-state index in [2.05, 4.69) is 36.9 Å². The number of nitrogens with two attached hydrogens (primary N) is 4. The predicted octanol–water partition coefficient (Wildman–Crippen LogP) is -5.30. The third-order valence-corrected chi connectivity index (χ3v) is 11.3. The smallest absolute Gasteiger partial charge is 0.328 e. The standard InChI is InChI=1S/C42H73N13O13/c1-21(2)17-27(51-35(61)25(12-13-32(44)58)49-34(60)24(43)19-56)36(62)48-23(5)33(59)50-26(9-6-14-47-42(45)46)39(65)55-16-8-11-31(55)40(66)54-15-7-10-30(54)38(64)52-28(18-22(3)4)37(63)53-29(20-57)41(67)68/h21-31,56-57H,6-20,43H2,1-5H3,(H2,44,58)(H,48,62)(H,49,60)(H,50,59)(H,51,61)(H,52,64)(H,53,63)(H,67,68)(H4,45,46,47)/t23-,24-,25-,26-,27-,28-,29-,30-,31-/m0/s1. The van der Waals surface area contributed by atoms with Crippen LogP contribution >= 0.6 is 0 Å². The zero-order chi connectivity index (χ0) is 51.4. The number of primary amides is 1. The van der Waals surface area contributed by atoms with Crippen molar-refractivity contribution in [3.63, 3.8) is 0 Å². The molecule has 2 aliphatic rings. The Bertz CT molecular complexity index is 1830. The van der Waals surface area contributed by atoms with E-state index in [9.17, 15) is 63.3 Å². The van der Waals surface area contributed by atoms with Gasteiger partial charge >= 0.3 is 5.97 Å². The number of aliphatic hydroxyl groups is 2. The summed E-state index contributed by atoms with van der Waals surface area (Å²) >= 11 is 0. The Labute approximate surface area is 395 Å². The number of nitrogens with zero attached hydrogens (tertiary/aromatic N) is 3. The Balaban J connectivity index is 2.30. The second kappa shape index (κ2) is 28.2. The molecule has 0 aliphatic carbocycles. The number of guanidine groups is 1. The lowest BCUT2D eigenvalue weighted by Gasteiger charge is -2.33. The third-order valence-electron chi connectivity index (χ3n) is 11.3. The van der Waals surface area contributed by atoms with Gasteiger partial charge in [0.2, 0.25) is 53.2 Å². The van der Waals surface area contributed by atoms with Crippen LogP contribution in [0.2, 0.25) is 0 Å².